The number of para-hydroxylation sites is 1. The van der Waals surface area contributed by atoms with Crippen LogP contribution >= 0.6 is 0 Å². The first kappa shape index (κ1) is 24.4. The van der Waals surface area contributed by atoms with Gasteiger partial charge < -0.3 is 20.1 Å². The van der Waals surface area contributed by atoms with E-state index in [0.29, 0.717) is 12.5 Å². The van der Waals surface area contributed by atoms with Crippen LogP contribution in [0.2, 0.25) is 0 Å². The Bertz CT molecular complexity index is 1160. The molecule has 9 heteroatoms. The van der Waals surface area contributed by atoms with Gasteiger partial charge in [0.15, 0.2) is 6.61 Å². The fraction of sp³-hybridized carbons (Fsp3) is 0.160. The molecule has 0 saturated heterocycles. The Morgan fingerprint density at radius 3 is 2.21 bits per heavy atom. The number of esters is 1. The number of ether oxygens (including phenoxy) is 2. The van der Waals surface area contributed by atoms with Gasteiger partial charge in [-0.05, 0) is 48.4 Å². The number of hydrogen-bond donors (Lipinski definition) is 2. The molecule has 3 aromatic rings. The molecule has 2 amide bonds. The van der Waals surface area contributed by atoms with E-state index < -0.39 is 30.1 Å². The van der Waals surface area contributed by atoms with Crippen molar-refractivity contribution < 1.29 is 32.6 Å². The quantitative estimate of drug-likeness (QED) is 0.456. The summed E-state index contributed by atoms with van der Waals surface area (Å²) in [5.74, 6) is -2.92. The van der Waals surface area contributed by atoms with Gasteiger partial charge in [-0.3, -0.25) is 9.59 Å². The first-order valence-electron chi connectivity index (χ1n) is 10.3. The number of halogens is 2. The SMILES string of the molecule is COc1ccc(CCC(=O)Nc2ccccc2C(=O)OCC(=O)Nc2cc(F)cc(F)c2)cc1. The van der Waals surface area contributed by atoms with Crippen molar-refractivity contribution in [2.24, 2.45) is 0 Å². The number of hydrogen-bond acceptors (Lipinski definition) is 5. The molecule has 0 fully saturated rings. The second kappa shape index (κ2) is 11.6. The van der Waals surface area contributed by atoms with Crippen LogP contribution in [0.25, 0.3) is 0 Å². The van der Waals surface area contributed by atoms with E-state index in [2.05, 4.69) is 10.6 Å². The minimum absolute atomic E-state index is 0.0601. The lowest BCUT2D eigenvalue weighted by Gasteiger charge is -2.11. The first-order chi connectivity index (χ1) is 16.3. The van der Waals surface area contributed by atoms with Crippen molar-refractivity contribution in [3.8, 4) is 5.75 Å². The van der Waals surface area contributed by atoms with Gasteiger partial charge in [-0.15, -0.1) is 0 Å². The van der Waals surface area contributed by atoms with E-state index in [-0.39, 0.29) is 29.3 Å². The fourth-order valence-electron chi connectivity index (χ4n) is 3.06. The standard InChI is InChI=1S/C25H22F2N2O5/c1-33-20-9-6-16(7-10-20)8-11-23(30)29-22-5-3-2-4-21(22)25(32)34-15-24(31)28-19-13-17(26)12-18(27)14-19/h2-7,9-10,12-14H,8,11,15H2,1H3,(H,28,31)(H,29,30). The maximum Gasteiger partial charge on any atom is 0.340 e. The van der Waals surface area contributed by atoms with Crippen LogP contribution in [-0.2, 0) is 20.7 Å². The molecule has 7 nitrogen and oxygen atoms in total. The largest absolute Gasteiger partial charge is 0.497 e. The van der Waals surface area contributed by atoms with Crippen molar-refractivity contribution in [2.45, 2.75) is 12.8 Å². The van der Waals surface area contributed by atoms with Crippen molar-refractivity contribution in [3.63, 3.8) is 0 Å². The zero-order chi connectivity index (χ0) is 24.5. The molecule has 0 atom stereocenters. The third kappa shape index (κ3) is 7.13. The Hall–Kier alpha value is -4.27. The number of carbonyl (C=O) groups excluding carboxylic acids is 3. The van der Waals surface area contributed by atoms with E-state index in [0.717, 1.165) is 23.4 Å². The number of rotatable bonds is 9. The maximum absolute atomic E-state index is 13.2. The number of nitrogens with one attached hydrogen (secondary N) is 2. The Balaban J connectivity index is 1.54. The zero-order valence-electron chi connectivity index (χ0n) is 18.3. The van der Waals surface area contributed by atoms with Gasteiger partial charge >= 0.3 is 5.97 Å². The van der Waals surface area contributed by atoms with Crippen molar-refractivity contribution in [3.05, 3.63) is 89.5 Å². The van der Waals surface area contributed by atoms with Gasteiger partial charge in [0.05, 0.1) is 18.4 Å². The fourth-order valence-corrected chi connectivity index (χ4v) is 3.06. The summed E-state index contributed by atoms with van der Waals surface area (Å²) >= 11 is 0. The predicted octanol–water partition coefficient (Wildman–Crippen LogP) is 4.34. The van der Waals surface area contributed by atoms with Crippen LogP contribution < -0.4 is 15.4 Å². The highest BCUT2D eigenvalue weighted by Gasteiger charge is 2.16. The molecule has 0 heterocycles. The third-order valence-electron chi connectivity index (χ3n) is 4.70. The Morgan fingerprint density at radius 2 is 1.53 bits per heavy atom. The number of amides is 2. The highest BCUT2D eigenvalue weighted by molar-refractivity contribution is 6.02. The van der Waals surface area contributed by atoms with Gasteiger partial charge in [0, 0.05) is 18.2 Å². The van der Waals surface area contributed by atoms with Crippen molar-refractivity contribution >= 4 is 29.2 Å². The number of methoxy groups -OCH3 is 1. The Labute approximate surface area is 194 Å². The van der Waals surface area contributed by atoms with Crippen LogP contribution in [0, 0.1) is 11.6 Å². The molecule has 0 aliphatic rings. The van der Waals surface area contributed by atoms with E-state index in [1.54, 1.807) is 31.4 Å². The van der Waals surface area contributed by atoms with Gasteiger partial charge in [-0.1, -0.05) is 24.3 Å². The summed E-state index contributed by atoms with van der Waals surface area (Å²) in [6.45, 7) is -0.684. The van der Waals surface area contributed by atoms with Crippen molar-refractivity contribution in [1.29, 1.82) is 0 Å². The Morgan fingerprint density at radius 1 is 0.853 bits per heavy atom. The highest BCUT2D eigenvalue weighted by Crippen LogP contribution is 2.18. The third-order valence-corrected chi connectivity index (χ3v) is 4.70. The molecule has 0 bridgehead atoms. The minimum Gasteiger partial charge on any atom is -0.497 e. The normalized spacial score (nSPS) is 10.3. The molecule has 2 N–H and O–H groups in total. The monoisotopic (exact) mass is 468 g/mol. The van der Waals surface area contributed by atoms with Gasteiger partial charge in [-0.2, -0.15) is 0 Å². The second-order valence-electron chi connectivity index (χ2n) is 7.22. The molecular formula is C25H22F2N2O5. The van der Waals surface area contributed by atoms with Gasteiger partial charge in [-0.25, -0.2) is 13.6 Å². The predicted molar refractivity (Wildman–Crippen MR) is 122 cm³/mol. The van der Waals surface area contributed by atoms with Crippen LogP contribution in [0.4, 0.5) is 20.2 Å². The molecule has 0 saturated carbocycles. The molecule has 0 unspecified atom stereocenters. The van der Waals surface area contributed by atoms with Crippen LogP contribution in [0.3, 0.4) is 0 Å². The summed E-state index contributed by atoms with van der Waals surface area (Å²) in [6.07, 6.45) is 0.672. The lowest BCUT2D eigenvalue weighted by atomic mass is 10.1. The number of anilines is 2. The molecule has 3 aromatic carbocycles. The summed E-state index contributed by atoms with van der Waals surface area (Å²) < 4.78 is 36.6. The average Bonchev–Trinajstić information content (AvgIpc) is 2.81. The van der Waals surface area contributed by atoms with Crippen molar-refractivity contribution in [2.75, 3.05) is 24.4 Å². The number of benzene rings is 3. The maximum atomic E-state index is 13.2. The molecule has 0 spiro atoms. The summed E-state index contributed by atoms with van der Waals surface area (Å²) in [4.78, 5) is 36.8. The van der Waals surface area contributed by atoms with Crippen LogP contribution in [0.15, 0.2) is 66.7 Å². The number of aryl methyl sites for hydroxylation is 1. The molecular weight excluding hydrogens is 446 g/mol. The van der Waals surface area contributed by atoms with E-state index in [4.69, 9.17) is 9.47 Å². The molecule has 0 radical (unpaired) electrons. The molecule has 176 valence electrons. The molecule has 0 aliphatic heterocycles. The Kier molecular flexibility index (Phi) is 8.28. The van der Waals surface area contributed by atoms with Crippen molar-refractivity contribution in [1.82, 2.24) is 0 Å². The highest BCUT2D eigenvalue weighted by atomic mass is 19.1. The molecule has 3 rings (SSSR count). The van der Waals surface area contributed by atoms with Crippen LogP contribution in [0.1, 0.15) is 22.3 Å². The summed E-state index contributed by atoms with van der Waals surface area (Å²) in [6, 6.07) is 16.1. The number of carbonyl (C=O) groups is 3. The molecule has 0 aliphatic carbocycles. The van der Waals surface area contributed by atoms with Gasteiger partial charge in [0.25, 0.3) is 5.91 Å². The lowest BCUT2D eigenvalue weighted by molar-refractivity contribution is -0.119. The van der Waals surface area contributed by atoms with Crippen LogP contribution in [-0.4, -0.2) is 31.5 Å². The van der Waals surface area contributed by atoms with Crippen LogP contribution in [0.5, 0.6) is 5.75 Å². The second-order valence-corrected chi connectivity index (χ2v) is 7.22. The van der Waals surface area contributed by atoms with E-state index >= 15 is 0 Å². The van der Waals surface area contributed by atoms with E-state index in [1.807, 2.05) is 12.1 Å². The van der Waals surface area contributed by atoms with E-state index in [1.165, 1.54) is 12.1 Å². The minimum atomic E-state index is -0.857. The van der Waals surface area contributed by atoms with Gasteiger partial charge in [0.1, 0.15) is 17.4 Å². The summed E-state index contributed by atoms with van der Waals surface area (Å²) in [7, 11) is 1.57. The van der Waals surface area contributed by atoms with E-state index in [9.17, 15) is 23.2 Å². The lowest BCUT2D eigenvalue weighted by Crippen LogP contribution is -2.22. The average molecular weight is 468 g/mol. The topological polar surface area (TPSA) is 93.7 Å². The van der Waals surface area contributed by atoms with Gasteiger partial charge in [0.2, 0.25) is 5.91 Å². The smallest absolute Gasteiger partial charge is 0.340 e. The zero-order valence-corrected chi connectivity index (χ0v) is 18.3. The molecule has 0 aromatic heterocycles. The summed E-state index contributed by atoms with van der Waals surface area (Å²) in [5, 5.41) is 4.92. The summed E-state index contributed by atoms with van der Waals surface area (Å²) in [5.41, 5.74) is 1.14. The molecule has 34 heavy (non-hydrogen) atoms. The first-order valence-corrected chi connectivity index (χ1v) is 10.3.